The molecule has 0 aromatic carbocycles. The summed E-state index contributed by atoms with van der Waals surface area (Å²) in [6, 6.07) is 1.25. The van der Waals surface area contributed by atoms with Gasteiger partial charge in [0.25, 0.3) is 0 Å². The Kier molecular flexibility index (Phi) is 5.33. The van der Waals surface area contributed by atoms with Crippen LogP contribution in [0.15, 0.2) is 18.3 Å². The van der Waals surface area contributed by atoms with Crippen molar-refractivity contribution in [1.82, 2.24) is 9.88 Å². The van der Waals surface area contributed by atoms with E-state index in [2.05, 4.69) is 4.98 Å². The largest absolute Gasteiger partial charge is 0.480 e. The minimum atomic E-state index is -4.67. The first-order chi connectivity index (χ1) is 11.9. The fourth-order valence-electron chi connectivity index (χ4n) is 2.62. The second-order valence-electron chi connectivity index (χ2n) is 6.84. The van der Waals surface area contributed by atoms with Gasteiger partial charge in [-0.1, -0.05) is 0 Å². The number of nitrogens with zero attached hydrogens (tertiary/aromatic N) is 3. The molecule has 1 saturated heterocycles. The highest BCUT2D eigenvalue weighted by Gasteiger charge is 2.41. The maximum absolute atomic E-state index is 13.2. The molecule has 1 aliphatic rings. The number of anilines is 1. The molecule has 1 aromatic rings. The molecule has 0 radical (unpaired) electrons. The third-order valence-corrected chi connectivity index (χ3v) is 3.69. The Morgan fingerprint density at radius 2 is 1.92 bits per heavy atom. The SMILES string of the molecule is CC(C)(C)OC(=O)N1CCN(c2cccnc2C(F)(F)F)C[C@H]1C(=O)O. The lowest BCUT2D eigenvalue weighted by Gasteiger charge is -2.41. The first-order valence-electron chi connectivity index (χ1n) is 7.90. The van der Waals surface area contributed by atoms with Crippen molar-refractivity contribution in [2.45, 2.75) is 38.6 Å². The van der Waals surface area contributed by atoms with Crippen LogP contribution in [0.4, 0.5) is 23.7 Å². The van der Waals surface area contributed by atoms with Crippen LogP contribution in [-0.2, 0) is 15.7 Å². The quantitative estimate of drug-likeness (QED) is 0.856. The molecule has 2 heterocycles. The van der Waals surface area contributed by atoms with Gasteiger partial charge in [-0.3, -0.25) is 4.90 Å². The van der Waals surface area contributed by atoms with Gasteiger partial charge in [-0.15, -0.1) is 0 Å². The number of rotatable bonds is 2. The molecule has 0 unspecified atom stereocenters. The number of aromatic nitrogens is 1. The average molecular weight is 375 g/mol. The van der Waals surface area contributed by atoms with E-state index in [0.717, 1.165) is 11.1 Å². The van der Waals surface area contributed by atoms with Crippen molar-refractivity contribution in [1.29, 1.82) is 0 Å². The molecule has 0 spiro atoms. The van der Waals surface area contributed by atoms with E-state index in [-0.39, 0.29) is 25.3 Å². The van der Waals surface area contributed by atoms with Crippen molar-refractivity contribution in [3.63, 3.8) is 0 Å². The molecule has 0 aliphatic carbocycles. The van der Waals surface area contributed by atoms with Gasteiger partial charge in [-0.05, 0) is 32.9 Å². The number of ether oxygens (including phenoxy) is 1. The van der Waals surface area contributed by atoms with Crippen molar-refractivity contribution in [2.75, 3.05) is 24.5 Å². The number of aliphatic carboxylic acids is 1. The van der Waals surface area contributed by atoms with Crippen molar-refractivity contribution < 1.29 is 32.6 Å². The van der Waals surface area contributed by atoms with E-state index in [1.807, 2.05) is 0 Å². The van der Waals surface area contributed by atoms with Crippen molar-refractivity contribution in [2.24, 2.45) is 0 Å². The van der Waals surface area contributed by atoms with Crippen LogP contribution in [0.2, 0.25) is 0 Å². The minimum Gasteiger partial charge on any atom is -0.480 e. The smallest absolute Gasteiger partial charge is 0.435 e. The van der Waals surface area contributed by atoms with Crippen LogP contribution >= 0.6 is 0 Å². The first kappa shape index (κ1) is 19.8. The number of hydrogen-bond acceptors (Lipinski definition) is 5. The number of pyridine rings is 1. The Hall–Kier alpha value is -2.52. The summed E-state index contributed by atoms with van der Waals surface area (Å²) >= 11 is 0. The van der Waals surface area contributed by atoms with E-state index >= 15 is 0 Å². The van der Waals surface area contributed by atoms with Gasteiger partial charge < -0.3 is 14.7 Å². The maximum atomic E-state index is 13.2. The average Bonchev–Trinajstić information content (AvgIpc) is 2.51. The van der Waals surface area contributed by atoms with Gasteiger partial charge in [0.05, 0.1) is 5.69 Å². The summed E-state index contributed by atoms with van der Waals surface area (Å²) < 4.78 is 44.7. The number of halogens is 3. The maximum Gasteiger partial charge on any atom is 0.435 e. The number of carboxylic acid groups (broad SMARTS) is 1. The predicted octanol–water partition coefficient (Wildman–Crippen LogP) is 2.61. The van der Waals surface area contributed by atoms with E-state index in [0.29, 0.717) is 0 Å². The highest BCUT2D eigenvalue weighted by molar-refractivity contribution is 5.81. The van der Waals surface area contributed by atoms with Crippen molar-refractivity contribution >= 4 is 17.7 Å². The standard InChI is InChI=1S/C16H20F3N3O4/c1-15(2,3)26-14(25)22-8-7-21(9-11(22)13(23)24)10-5-4-6-20-12(10)16(17,18)19/h4-6,11H,7-9H2,1-3H3,(H,23,24)/t11-/m0/s1. The molecule has 1 aliphatic heterocycles. The monoisotopic (exact) mass is 375 g/mol. The Balaban J connectivity index is 2.26. The van der Waals surface area contributed by atoms with E-state index in [1.54, 1.807) is 20.8 Å². The highest BCUT2D eigenvalue weighted by Crippen LogP contribution is 2.35. The lowest BCUT2D eigenvalue weighted by Crippen LogP contribution is -2.59. The second-order valence-corrected chi connectivity index (χ2v) is 6.84. The van der Waals surface area contributed by atoms with Crippen LogP contribution in [0.5, 0.6) is 0 Å². The molecule has 10 heteroatoms. The first-order valence-corrected chi connectivity index (χ1v) is 7.90. The molecule has 26 heavy (non-hydrogen) atoms. The number of alkyl halides is 3. The Labute approximate surface area is 148 Å². The Morgan fingerprint density at radius 3 is 2.46 bits per heavy atom. The van der Waals surface area contributed by atoms with Gasteiger partial charge in [0.2, 0.25) is 0 Å². The minimum absolute atomic E-state index is 0.0256. The zero-order chi connectivity index (χ0) is 19.7. The molecule has 144 valence electrons. The zero-order valence-electron chi connectivity index (χ0n) is 14.6. The molecule has 1 atom stereocenters. The summed E-state index contributed by atoms with van der Waals surface area (Å²) in [7, 11) is 0. The lowest BCUT2D eigenvalue weighted by molar-refractivity contribution is -0.143. The fourth-order valence-corrected chi connectivity index (χ4v) is 2.62. The van der Waals surface area contributed by atoms with Gasteiger partial charge in [0.15, 0.2) is 5.69 Å². The van der Waals surface area contributed by atoms with E-state index in [4.69, 9.17) is 4.74 Å². The molecule has 1 N–H and O–H groups in total. The highest BCUT2D eigenvalue weighted by atomic mass is 19.4. The number of amides is 1. The van der Waals surface area contributed by atoms with Crippen LogP contribution in [0.25, 0.3) is 0 Å². The normalized spacial score (nSPS) is 18.6. The number of carboxylic acids is 1. The molecule has 1 fully saturated rings. The summed E-state index contributed by atoms with van der Waals surface area (Å²) in [6.07, 6.45) is -4.46. The van der Waals surface area contributed by atoms with Crippen molar-refractivity contribution in [3.05, 3.63) is 24.0 Å². The molecule has 1 amide bonds. The zero-order valence-corrected chi connectivity index (χ0v) is 14.6. The predicted molar refractivity (Wildman–Crippen MR) is 85.8 cm³/mol. The summed E-state index contributed by atoms with van der Waals surface area (Å²) in [5.74, 6) is -1.32. The topological polar surface area (TPSA) is 83.0 Å². The molecule has 0 saturated carbocycles. The number of hydrogen-bond donors (Lipinski definition) is 1. The second kappa shape index (κ2) is 7.00. The van der Waals surface area contributed by atoms with E-state index < -0.39 is 35.6 Å². The van der Waals surface area contributed by atoms with E-state index in [9.17, 15) is 27.9 Å². The Bertz CT molecular complexity index is 688. The summed E-state index contributed by atoms with van der Waals surface area (Å²) in [5.41, 5.74) is -2.12. The van der Waals surface area contributed by atoms with Crippen LogP contribution in [0.3, 0.4) is 0 Å². The van der Waals surface area contributed by atoms with Crippen LogP contribution < -0.4 is 4.90 Å². The molecule has 7 nitrogen and oxygen atoms in total. The number of carbonyl (C=O) groups is 2. The van der Waals surface area contributed by atoms with Gasteiger partial charge >= 0.3 is 18.2 Å². The van der Waals surface area contributed by atoms with Gasteiger partial charge in [0.1, 0.15) is 11.6 Å². The number of carbonyl (C=O) groups excluding carboxylic acids is 1. The molecule has 1 aromatic heterocycles. The molecular formula is C16H20F3N3O4. The number of piperazine rings is 1. The summed E-state index contributed by atoms with van der Waals surface area (Å²) in [4.78, 5) is 29.5. The lowest BCUT2D eigenvalue weighted by atomic mass is 10.1. The van der Waals surface area contributed by atoms with E-state index in [1.165, 1.54) is 17.0 Å². The van der Waals surface area contributed by atoms with Crippen molar-refractivity contribution in [3.8, 4) is 0 Å². The van der Waals surface area contributed by atoms with Gasteiger partial charge in [-0.25, -0.2) is 14.6 Å². The molecule has 2 rings (SSSR count). The fraction of sp³-hybridized carbons (Fsp3) is 0.562. The summed E-state index contributed by atoms with van der Waals surface area (Å²) in [5, 5.41) is 9.44. The third-order valence-electron chi connectivity index (χ3n) is 3.69. The van der Waals surface area contributed by atoms with Crippen LogP contribution in [0, 0.1) is 0 Å². The van der Waals surface area contributed by atoms with Gasteiger partial charge in [-0.2, -0.15) is 13.2 Å². The van der Waals surface area contributed by atoms with Crippen LogP contribution in [0.1, 0.15) is 26.5 Å². The van der Waals surface area contributed by atoms with Gasteiger partial charge in [0, 0.05) is 25.8 Å². The third kappa shape index (κ3) is 4.55. The molecular weight excluding hydrogens is 355 g/mol. The molecule has 0 bridgehead atoms. The van der Waals surface area contributed by atoms with Crippen LogP contribution in [-0.4, -0.2) is 58.3 Å². The summed E-state index contributed by atoms with van der Waals surface area (Å²) in [6.45, 7) is 4.56. The Morgan fingerprint density at radius 1 is 1.27 bits per heavy atom.